The second-order valence-electron chi connectivity index (χ2n) is 9.77. The first-order valence-electron chi connectivity index (χ1n) is 12.6. The standard InChI is InChI=1S/C27H30ClFN4O5/c1-27(2)26(34)37-11-8-33(27)7-10-36-24-14-22-19(13-23(24)38-15-18-4-3-9-35-18)25(31-16-30-22)32-17-5-6-21(29)20(28)12-17/h5-6,12-14,16,18H,3-4,7-11,15H2,1-2H3,(H,30,31,32)/t18-/m0/s1. The highest BCUT2D eigenvalue weighted by atomic mass is 35.5. The number of ether oxygens (including phenoxy) is 4. The molecule has 0 radical (unpaired) electrons. The van der Waals surface area contributed by atoms with Crippen LogP contribution in [-0.4, -0.2) is 72.0 Å². The number of fused-ring (bicyclic) bond motifs is 1. The molecule has 5 rings (SSSR count). The molecule has 3 heterocycles. The largest absolute Gasteiger partial charge is 0.488 e. The number of nitrogens with zero attached hydrogens (tertiary/aromatic N) is 3. The Morgan fingerprint density at radius 3 is 2.82 bits per heavy atom. The Balaban J connectivity index is 1.39. The topological polar surface area (TPSA) is 95.0 Å². The molecule has 2 saturated heterocycles. The maximum absolute atomic E-state index is 13.6. The van der Waals surface area contributed by atoms with E-state index < -0.39 is 11.4 Å². The van der Waals surface area contributed by atoms with Gasteiger partial charge < -0.3 is 24.3 Å². The van der Waals surface area contributed by atoms with Gasteiger partial charge in [-0.05, 0) is 51.0 Å². The first-order valence-corrected chi connectivity index (χ1v) is 13.0. The monoisotopic (exact) mass is 544 g/mol. The minimum Gasteiger partial charge on any atom is -0.488 e. The van der Waals surface area contributed by atoms with Crippen molar-refractivity contribution in [1.82, 2.24) is 14.9 Å². The van der Waals surface area contributed by atoms with E-state index in [1.165, 1.54) is 18.5 Å². The second-order valence-corrected chi connectivity index (χ2v) is 10.2. The average Bonchev–Trinajstić information content (AvgIpc) is 3.42. The molecule has 202 valence electrons. The van der Waals surface area contributed by atoms with Gasteiger partial charge in [0.2, 0.25) is 0 Å². The molecule has 1 N–H and O–H groups in total. The number of rotatable bonds is 9. The summed E-state index contributed by atoms with van der Waals surface area (Å²) >= 11 is 5.95. The Labute approximate surface area is 225 Å². The van der Waals surface area contributed by atoms with E-state index in [0.29, 0.717) is 66.8 Å². The highest BCUT2D eigenvalue weighted by molar-refractivity contribution is 6.31. The Kier molecular flexibility index (Phi) is 7.83. The number of hydrogen-bond donors (Lipinski definition) is 1. The molecule has 1 atom stereocenters. The van der Waals surface area contributed by atoms with E-state index in [-0.39, 0.29) is 17.1 Å². The number of cyclic esters (lactones) is 1. The van der Waals surface area contributed by atoms with Gasteiger partial charge in [0.1, 0.15) is 43.3 Å². The molecule has 1 aromatic heterocycles. The predicted octanol–water partition coefficient (Wildman–Crippen LogP) is 4.74. The van der Waals surface area contributed by atoms with Gasteiger partial charge in [-0.3, -0.25) is 9.69 Å². The fourth-order valence-corrected chi connectivity index (χ4v) is 4.73. The Hall–Kier alpha value is -3.21. The van der Waals surface area contributed by atoms with Crippen molar-refractivity contribution in [2.75, 3.05) is 44.8 Å². The normalized spacial score (nSPS) is 19.4. The zero-order valence-electron chi connectivity index (χ0n) is 21.3. The lowest BCUT2D eigenvalue weighted by Crippen LogP contribution is -2.57. The van der Waals surface area contributed by atoms with Crippen LogP contribution in [0.2, 0.25) is 5.02 Å². The minimum atomic E-state index is -0.721. The number of hydrogen-bond acceptors (Lipinski definition) is 9. The van der Waals surface area contributed by atoms with Gasteiger partial charge in [0.25, 0.3) is 0 Å². The van der Waals surface area contributed by atoms with Crippen molar-refractivity contribution < 1.29 is 28.1 Å². The van der Waals surface area contributed by atoms with Crippen LogP contribution in [0, 0.1) is 5.82 Å². The molecule has 0 bridgehead atoms. The molecule has 0 aliphatic carbocycles. The SMILES string of the molecule is CC1(C)C(=O)OCCN1CCOc1cc2ncnc(Nc3ccc(F)c(Cl)c3)c2cc1OC[C@@H]1CCCO1. The lowest BCUT2D eigenvalue weighted by atomic mass is 10.0. The van der Waals surface area contributed by atoms with Gasteiger partial charge in [-0.1, -0.05) is 11.6 Å². The third-order valence-electron chi connectivity index (χ3n) is 6.84. The molecule has 0 saturated carbocycles. The predicted molar refractivity (Wildman–Crippen MR) is 141 cm³/mol. The fraction of sp³-hybridized carbons (Fsp3) is 0.444. The molecule has 2 aliphatic rings. The Bertz CT molecular complexity index is 1320. The first-order chi connectivity index (χ1) is 18.3. The van der Waals surface area contributed by atoms with Crippen molar-refractivity contribution in [1.29, 1.82) is 0 Å². The molecule has 2 aromatic carbocycles. The van der Waals surface area contributed by atoms with E-state index in [4.69, 9.17) is 30.5 Å². The molecule has 38 heavy (non-hydrogen) atoms. The number of halogens is 2. The number of anilines is 2. The maximum Gasteiger partial charge on any atom is 0.326 e. The van der Waals surface area contributed by atoms with Crippen LogP contribution < -0.4 is 14.8 Å². The summed E-state index contributed by atoms with van der Waals surface area (Å²) in [4.78, 5) is 23.0. The lowest BCUT2D eigenvalue weighted by Gasteiger charge is -2.39. The summed E-state index contributed by atoms with van der Waals surface area (Å²) < 4.78 is 36.9. The van der Waals surface area contributed by atoms with E-state index in [1.54, 1.807) is 12.1 Å². The van der Waals surface area contributed by atoms with Crippen LogP contribution in [0.3, 0.4) is 0 Å². The van der Waals surface area contributed by atoms with Gasteiger partial charge in [-0.25, -0.2) is 14.4 Å². The summed E-state index contributed by atoms with van der Waals surface area (Å²) in [6, 6.07) is 8.00. The van der Waals surface area contributed by atoms with E-state index >= 15 is 0 Å². The summed E-state index contributed by atoms with van der Waals surface area (Å²) in [5.74, 6) is 0.831. The number of carbonyl (C=O) groups is 1. The molecular formula is C27H30ClFN4O5. The number of esters is 1. The van der Waals surface area contributed by atoms with Crippen molar-refractivity contribution in [2.24, 2.45) is 0 Å². The van der Waals surface area contributed by atoms with Crippen molar-refractivity contribution in [3.8, 4) is 11.5 Å². The van der Waals surface area contributed by atoms with Crippen LogP contribution in [0.5, 0.6) is 11.5 Å². The minimum absolute atomic E-state index is 0.00905. The van der Waals surface area contributed by atoms with E-state index in [2.05, 4.69) is 15.3 Å². The summed E-state index contributed by atoms with van der Waals surface area (Å²) in [5, 5.41) is 3.89. The molecule has 2 fully saturated rings. The average molecular weight is 545 g/mol. The summed E-state index contributed by atoms with van der Waals surface area (Å²) in [6.07, 6.45) is 3.40. The van der Waals surface area contributed by atoms with Gasteiger partial charge in [-0.2, -0.15) is 0 Å². The third kappa shape index (κ3) is 5.77. The van der Waals surface area contributed by atoms with E-state index in [9.17, 15) is 9.18 Å². The summed E-state index contributed by atoms with van der Waals surface area (Å²) in [6.45, 7) is 6.68. The lowest BCUT2D eigenvalue weighted by molar-refractivity contribution is -0.165. The number of carbonyl (C=O) groups excluding carboxylic acids is 1. The van der Waals surface area contributed by atoms with E-state index in [1.807, 2.05) is 24.8 Å². The fourth-order valence-electron chi connectivity index (χ4n) is 4.55. The van der Waals surface area contributed by atoms with Crippen LogP contribution in [-0.2, 0) is 14.3 Å². The Morgan fingerprint density at radius 1 is 1.18 bits per heavy atom. The molecule has 0 amide bonds. The molecule has 0 unspecified atom stereocenters. The summed E-state index contributed by atoms with van der Waals surface area (Å²) in [7, 11) is 0. The first kappa shape index (κ1) is 26.4. The van der Waals surface area contributed by atoms with Crippen LogP contribution >= 0.6 is 11.6 Å². The number of morpholine rings is 1. The van der Waals surface area contributed by atoms with Crippen molar-refractivity contribution in [3.63, 3.8) is 0 Å². The van der Waals surface area contributed by atoms with Crippen molar-refractivity contribution in [2.45, 2.75) is 38.3 Å². The van der Waals surface area contributed by atoms with Gasteiger partial charge >= 0.3 is 5.97 Å². The Morgan fingerprint density at radius 2 is 2.03 bits per heavy atom. The molecule has 11 heteroatoms. The second kappa shape index (κ2) is 11.3. The van der Waals surface area contributed by atoms with Gasteiger partial charge in [-0.15, -0.1) is 0 Å². The molecule has 2 aliphatic heterocycles. The van der Waals surface area contributed by atoms with Gasteiger partial charge in [0, 0.05) is 36.8 Å². The molecule has 3 aromatic rings. The van der Waals surface area contributed by atoms with E-state index in [0.717, 1.165) is 19.4 Å². The smallest absolute Gasteiger partial charge is 0.326 e. The third-order valence-corrected chi connectivity index (χ3v) is 7.12. The van der Waals surface area contributed by atoms with Gasteiger partial charge in [0.05, 0.1) is 16.6 Å². The molecule has 0 spiro atoms. The molecule has 9 nitrogen and oxygen atoms in total. The zero-order chi connectivity index (χ0) is 26.7. The van der Waals surface area contributed by atoms with Gasteiger partial charge in [0.15, 0.2) is 11.5 Å². The number of benzene rings is 2. The van der Waals surface area contributed by atoms with Crippen molar-refractivity contribution in [3.05, 3.63) is 47.5 Å². The van der Waals surface area contributed by atoms with Crippen LogP contribution in [0.15, 0.2) is 36.7 Å². The quantitative estimate of drug-likeness (QED) is 0.383. The summed E-state index contributed by atoms with van der Waals surface area (Å²) in [5.41, 5.74) is 0.500. The maximum atomic E-state index is 13.6. The zero-order valence-corrected chi connectivity index (χ0v) is 22.1. The number of aromatic nitrogens is 2. The number of nitrogens with one attached hydrogen (secondary N) is 1. The van der Waals surface area contributed by atoms with Crippen LogP contribution in [0.4, 0.5) is 15.9 Å². The highest BCUT2D eigenvalue weighted by Crippen LogP contribution is 2.36. The van der Waals surface area contributed by atoms with Crippen molar-refractivity contribution >= 4 is 40.0 Å². The van der Waals surface area contributed by atoms with Crippen LogP contribution in [0.25, 0.3) is 10.9 Å². The highest BCUT2D eigenvalue weighted by Gasteiger charge is 2.39. The van der Waals surface area contributed by atoms with Crippen LogP contribution in [0.1, 0.15) is 26.7 Å². The molecular weight excluding hydrogens is 515 g/mol.